The third-order valence-electron chi connectivity index (χ3n) is 3.64. The fourth-order valence-electron chi connectivity index (χ4n) is 2.31. The number of phenolic OH excluding ortho intramolecular Hbond substituents is 1. The van der Waals surface area contributed by atoms with Crippen LogP contribution in [0.4, 0.5) is 5.69 Å². The lowest BCUT2D eigenvalue weighted by Gasteiger charge is -2.21. The molecule has 1 heterocycles. The van der Waals surface area contributed by atoms with Crippen molar-refractivity contribution in [2.45, 2.75) is 31.9 Å². The number of amides is 1. The summed E-state index contributed by atoms with van der Waals surface area (Å²) in [6.07, 6.45) is 2.25. The molecule has 3 N–H and O–H groups in total. The van der Waals surface area contributed by atoms with E-state index in [9.17, 15) is 9.90 Å². The standard InChI is InChI=1S/C15H22N2O2S/c1-10-3-4-13(11(2)15(10)19)17-14(18)9-20-12-5-7-16-8-6-12/h3-4,12,16,19H,5-9H2,1-2H3,(H,17,18). The Labute approximate surface area is 124 Å². The zero-order valence-corrected chi connectivity index (χ0v) is 12.8. The molecule has 1 aromatic rings. The van der Waals surface area contributed by atoms with Gasteiger partial charge in [0.15, 0.2) is 0 Å². The molecule has 4 nitrogen and oxygen atoms in total. The zero-order valence-electron chi connectivity index (χ0n) is 12.0. The van der Waals surface area contributed by atoms with E-state index in [-0.39, 0.29) is 11.7 Å². The molecule has 0 atom stereocenters. The van der Waals surface area contributed by atoms with Gasteiger partial charge in [-0.05, 0) is 51.4 Å². The summed E-state index contributed by atoms with van der Waals surface area (Å²) in [5.41, 5.74) is 2.25. The summed E-state index contributed by atoms with van der Waals surface area (Å²) in [6, 6.07) is 3.66. The van der Waals surface area contributed by atoms with Crippen molar-refractivity contribution in [2.75, 3.05) is 24.2 Å². The number of hydrogen-bond acceptors (Lipinski definition) is 4. The van der Waals surface area contributed by atoms with Crippen molar-refractivity contribution < 1.29 is 9.90 Å². The number of phenols is 1. The monoisotopic (exact) mass is 294 g/mol. The Kier molecular flexibility index (Phi) is 5.31. The second kappa shape index (κ2) is 6.99. The molecular weight excluding hydrogens is 272 g/mol. The minimum Gasteiger partial charge on any atom is -0.507 e. The molecule has 2 rings (SSSR count). The predicted octanol–water partition coefficient (Wildman–Crippen LogP) is 2.43. The third-order valence-corrected chi connectivity index (χ3v) is 5.01. The zero-order chi connectivity index (χ0) is 14.5. The second-order valence-electron chi connectivity index (χ2n) is 5.21. The summed E-state index contributed by atoms with van der Waals surface area (Å²) < 4.78 is 0. The number of benzene rings is 1. The lowest BCUT2D eigenvalue weighted by atomic mass is 10.1. The molecule has 1 aliphatic rings. The first kappa shape index (κ1) is 15.2. The van der Waals surface area contributed by atoms with Crippen LogP contribution in [0.1, 0.15) is 24.0 Å². The van der Waals surface area contributed by atoms with Crippen LogP contribution in [-0.4, -0.2) is 35.1 Å². The predicted molar refractivity (Wildman–Crippen MR) is 84.6 cm³/mol. The van der Waals surface area contributed by atoms with Gasteiger partial charge in [0.05, 0.1) is 5.75 Å². The summed E-state index contributed by atoms with van der Waals surface area (Å²) in [6.45, 7) is 5.76. The molecule has 0 bridgehead atoms. The summed E-state index contributed by atoms with van der Waals surface area (Å²) in [7, 11) is 0. The van der Waals surface area contributed by atoms with Gasteiger partial charge in [0, 0.05) is 16.5 Å². The van der Waals surface area contributed by atoms with Gasteiger partial charge in [-0.3, -0.25) is 4.79 Å². The average molecular weight is 294 g/mol. The fourth-order valence-corrected chi connectivity index (χ4v) is 3.34. The number of aryl methyl sites for hydroxylation is 1. The molecule has 1 saturated heterocycles. The summed E-state index contributed by atoms with van der Waals surface area (Å²) >= 11 is 1.72. The first-order valence-electron chi connectivity index (χ1n) is 6.99. The maximum Gasteiger partial charge on any atom is 0.234 e. The molecule has 0 saturated carbocycles. The highest BCUT2D eigenvalue weighted by atomic mass is 32.2. The highest BCUT2D eigenvalue weighted by molar-refractivity contribution is 8.00. The van der Waals surface area contributed by atoms with Crippen LogP contribution in [-0.2, 0) is 4.79 Å². The van der Waals surface area contributed by atoms with Crippen molar-refractivity contribution >= 4 is 23.4 Å². The Hall–Kier alpha value is -1.20. The first-order chi connectivity index (χ1) is 9.58. The molecule has 20 heavy (non-hydrogen) atoms. The topological polar surface area (TPSA) is 61.4 Å². The van der Waals surface area contributed by atoms with Crippen molar-refractivity contribution in [1.82, 2.24) is 5.32 Å². The number of hydrogen-bond donors (Lipinski definition) is 3. The van der Waals surface area contributed by atoms with Crippen LogP contribution >= 0.6 is 11.8 Å². The van der Waals surface area contributed by atoms with Gasteiger partial charge in [-0.15, -0.1) is 11.8 Å². The SMILES string of the molecule is Cc1ccc(NC(=O)CSC2CCNCC2)c(C)c1O. The van der Waals surface area contributed by atoms with Gasteiger partial charge < -0.3 is 15.7 Å². The largest absolute Gasteiger partial charge is 0.507 e. The van der Waals surface area contributed by atoms with Crippen molar-refractivity contribution in [1.29, 1.82) is 0 Å². The maximum atomic E-state index is 12.0. The Bertz CT molecular complexity index is 485. The number of nitrogens with one attached hydrogen (secondary N) is 2. The number of anilines is 1. The summed E-state index contributed by atoms with van der Waals surface area (Å²) in [5, 5.41) is 16.7. The molecule has 0 spiro atoms. The molecule has 1 amide bonds. The van der Waals surface area contributed by atoms with E-state index in [0.717, 1.165) is 37.1 Å². The molecule has 0 aromatic heterocycles. The highest BCUT2D eigenvalue weighted by Gasteiger charge is 2.15. The normalized spacial score (nSPS) is 16.1. The van der Waals surface area contributed by atoms with Crippen LogP contribution in [0.25, 0.3) is 0 Å². The molecule has 0 unspecified atom stereocenters. The Morgan fingerprint density at radius 3 is 2.80 bits per heavy atom. The van der Waals surface area contributed by atoms with Crippen LogP contribution in [0.5, 0.6) is 5.75 Å². The van der Waals surface area contributed by atoms with Gasteiger partial charge in [-0.25, -0.2) is 0 Å². The molecule has 0 aliphatic carbocycles. The highest BCUT2D eigenvalue weighted by Crippen LogP contribution is 2.28. The van der Waals surface area contributed by atoms with Gasteiger partial charge >= 0.3 is 0 Å². The van der Waals surface area contributed by atoms with Crippen molar-refractivity contribution in [3.63, 3.8) is 0 Å². The lowest BCUT2D eigenvalue weighted by molar-refractivity contribution is -0.113. The number of thioether (sulfide) groups is 1. The fraction of sp³-hybridized carbons (Fsp3) is 0.533. The summed E-state index contributed by atoms with van der Waals surface area (Å²) in [4.78, 5) is 12.0. The van der Waals surface area contributed by atoms with E-state index in [4.69, 9.17) is 0 Å². The number of rotatable bonds is 4. The molecule has 1 aliphatic heterocycles. The Balaban J connectivity index is 1.86. The van der Waals surface area contributed by atoms with Gasteiger partial charge in [0.2, 0.25) is 5.91 Å². The molecule has 1 fully saturated rings. The minimum atomic E-state index is -0.000106. The van der Waals surface area contributed by atoms with Gasteiger partial charge in [-0.2, -0.15) is 0 Å². The van der Waals surface area contributed by atoms with Gasteiger partial charge in [-0.1, -0.05) is 6.07 Å². The number of aromatic hydroxyl groups is 1. The first-order valence-corrected chi connectivity index (χ1v) is 8.04. The average Bonchev–Trinajstić information content (AvgIpc) is 2.47. The van der Waals surface area contributed by atoms with E-state index in [0.29, 0.717) is 16.7 Å². The maximum absolute atomic E-state index is 12.0. The van der Waals surface area contributed by atoms with Crippen LogP contribution in [0, 0.1) is 13.8 Å². The van der Waals surface area contributed by atoms with Crippen molar-refractivity contribution in [3.05, 3.63) is 23.3 Å². The minimum absolute atomic E-state index is 0.000106. The van der Waals surface area contributed by atoms with E-state index in [1.165, 1.54) is 0 Å². The third kappa shape index (κ3) is 3.90. The van der Waals surface area contributed by atoms with Gasteiger partial charge in [0.25, 0.3) is 0 Å². The van der Waals surface area contributed by atoms with Crippen LogP contribution in [0.3, 0.4) is 0 Å². The number of piperidine rings is 1. The van der Waals surface area contributed by atoms with E-state index >= 15 is 0 Å². The van der Waals surface area contributed by atoms with Crippen molar-refractivity contribution in [2.24, 2.45) is 0 Å². The molecular formula is C15H22N2O2S. The smallest absolute Gasteiger partial charge is 0.234 e. The molecule has 1 aromatic carbocycles. The van der Waals surface area contributed by atoms with E-state index < -0.39 is 0 Å². The van der Waals surface area contributed by atoms with Crippen molar-refractivity contribution in [3.8, 4) is 5.75 Å². The van der Waals surface area contributed by atoms with Gasteiger partial charge in [0.1, 0.15) is 5.75 Å². The van der Waals surface area contributed by atoms with E-state index in [1.54, 1.807) is 11.8 Å². The number of carbonyl (C=O) groups excluding carboxylic acids is 1. The van der Waals surface area contributed by atoms with E-state index in [1.807, 2.05) is 26.0 Å². The van der Waals surface area contributed by atoms with Crippen LogP contribution < -0.4 is 10.6 Å². The van der Waals surface area contributed by atoms with Crippen LogP contribution in [0.15, 0.2) is 12.1 Å². The Morgan fingerprint density at radius 1 is 1.40 bits per heavy atom. The second-order valence-corrected chi connectivity index (χ2v) is 6.50. The molecule has 0 radical (unpaired) electrons. The molecule has 110 valence electrons. The van der Waals surface area contributed by atoms with E-state index in [2.05, 4.69) is 10.6 Å². The lowest BCUT2D eigenvalue weighted by Crippen LogP contribution is -2.30. The number of carbonyl (C=O) groups is 1. The summed E-state index contributed by atoms with van der Waals surface area (Å²) in [5.74, 6) is 0.729. The Morgan fingerprint density at radius 2 is 2.10 bits per heavy atom. The quantitative estimate of drug-likeness (QED) is 0.798. The van der Waals surface area contributed by atoms with Crippen LogP contribution in [0.2, 0.25) is 0 Å². The molecule has 5 heteroatoms.